The van der Waals surface area contributed by atoms with E-state index in [1.54, 1.807) is 0 Å². The molecular weight excluding hydrogens is 312 g/mol. The average Bonchev–Trinajstić information content (AvgIpc) is 3.24. The molecule has 0 spiro atoms. The maximum absolute atomic E-state index is 11.9. The molecule has 1 aliphatic heterocycles. The number of nitrogens with one attached hydrogen (secondary N) is 1. The van der Waals surface area contributed by atoms with Gasteiger partial charge >= 0.3 is 0 Å². The summed E-state index contributed by atoms with van der Waals surface area (Å²) in [5.74, 6) is 1.14. The highest BCUT2D eigenvalue weighted by Crippen LogP contribution is 2.32. The third kappa shape index (κ3) is 2.81. The fourth-order valence-electron chi connectivity index (χ4n) is 2.37. The highest BCUT2D eigenvalue weighted by Gasteiger charge is 2.13. The predicted molar refractivity (Wildman–Crippen MR) is 83.4 cm³/mol. The molecule has 1 aromatic heterocycles. The van der Waals surface area contributed by atoms with Crippen molar-refractivity contribution >= 4 is 16.9 Å². The molecule has 0 unspecified atom stereocenters. The molecular formula is C16H14N4O4. The minimum absolute atomic E-state index is 0.155. The molecule has 0 radical (unpaired) electrons. The van der Waals surface area contributed by atoms with Gasteiger partial charge in [-0.1, -0.05) is 23.0 Å². The van der Waals surface area contributed by atoms with Gasteiger partial charge < -0.3 is 19.6 Å². The van der Waals surface area contributed by atoms with Crippen LogP contribution in [0.5, 0.6) is 11.5 Å². The van der Waals surface area contributed by atoms with Crippen LogP contribution in [0.3, 0.4) is 0 Å². The second-order valence-corrected chi connectivity index (χ2v) is 5.19. The third-order valence-electron chi connectivity index (χ3n) is 3.57. The Bertz CT molecular complexity index is 893. The number of fused-ring (bicyclic) bond motifs is 2. The van der Waals surface area contributed by atoms with Gasteiger partial charge in [0.15, 0.2) is 18.1 Å². The van der Waals surface area contributed by atoms with Crippen LogP contribution in [-0.2, 0) is 11.3 Å². The Labute approximate surface area is 136 Å². The number of benzene rings is 2. The maximum atomic E-state index is 11.9. The van der Waals surface area contributed by atoms with Crippen LogP contribution in [-0.4, -0.2) is 34.5 Å². The van der Waals surface area contributed by atoms with Crippen LogP contribution in [0.15, 0.2) is 42.5 Å². The summed E-state index contributed by atoms with van der Waals surface area (Å²) in [7, 11) is 0. The Morgan fingerprint density at radius 2 is 2.08 bits per heavy atom. The molecule has 2 aromatic carbocycles. The van der Waals surface area contributed by atoms with E-state index < -0.39 is 0 Å². The Hall–Kier alpha value is -3.29. The molecule has 0 bridgehead atoms. The highest BCUT2D eigenvalue weighted by molar-refractivity contribution is 5.77. The third-order valence-corrected chi connectivity index (χ3v) is 3.57. The van der Waals surface area contributed by atoms with Crippen molar-refractivity contribution in [3.05, 3.63) is 48.0 Å². The Balaban J connectivity index is 1.32. The van der Waals surface area contributed by atoms with E-state index in [9.17, 15) is 4.79 Å². The summed E-state index contributed by atoms with van der Waals surface area (Å²) in [5, 5.41) is 10.6. The fourth-order valence-corrected chi connectivity index (χ4v) is 2.37. The van der Waals surface area contributed by atoms with Crippen molar-refractivity contribution in [1.82, 2.24) is 20.5 Å². The van der Waals surface area contributed by atoms with Crippen molar-refractivity contribution in [2.45, 2.75) is 6.54 Å². The topological polar surface area (TPSA) is 87.5 Å². The van der Waals surface area contributed by atoms with Crippen LogP contribution in [0.2, 0.25) is 0 Å². The van der Waals surface area contributed by atoms with Gasteiger partial charge in [0.2, 0.25) is 6.79 Å². The van der Waals surface area contributed by atoms with E-state index in [1.165, 1.54) is 4.85 Å². The van der Waals surface area contributed by atoms with Gasteiger partial charge in [0.05, 0.1) is 0 Å². The Morgan fingerprint density at radius 3 is 3.04 bits per heavy atom. The van der Waals surface area contributed by atoms with E-state index in [0.29, 0.717) is 29.1 Å². The summed E-state index contributed by atoms with van der Waals surface area (Å²) in [6.45, 7) is 0.444. The molecule has 0 aliphatic carbocycles. The lowest BCUT2D eigenvalue weighted by Crippen LogP contribution is -2.31. The number of rotatable bonds is 5. The van der Waals surface area contributed by atoms with Crippen LogP contribution >= 0.6 is 0 Å². The molecule has 0 atom stereocenters. The first-order chi connectivity index (χ1) is 11.8. The number of amides is 1. The van der Waals surface area contributed by atoms with Crippen LogP contribution in [0.25, 0.3) is 11.0 Å². The van der Waals surface area contributed by atoms with Crippen molar-refractivity contribution in [1.29, 1.82) is 0 Å². The molecule has 0 saturated carbocycles. The molecule has 2 heterocycles. The first-order valence-corrected chi connectivity index (χ1v) is 7.38. The lowest BCUT2D eigenvalue weighted by molar-refractivity contribution is -0.126. The van der Waals surface area contributed by atoms with E-state index in [-0.39, 0.29) is 19.3 Å². The monoisotopic (exact) mass is 326 g/mol. The zero-order chi connectivity index (χ0) is 16.4. The quantitative estimate of drug-likeness (QED) is 0.750. The standard InChI is InChI=1S/C16H14N4O4/c21-16(9-24-20-13-4-2-1-3-12(13)18-19-20)17-8-11-5-6-14-15(7-11)23-10-22-14/h1-7H,8-10H2,(H,17,21). The molecule has 1 amide bonds. The minimum Gasteiger partial charge on any atom is -0.454 e. The van der Waals surface area contributed by atoms with Gasteiger partial charge in [-0.05, 0) is 35.0 Å². The maximum Gasteiger partial charge on any atom is 0.261 e. The summed E-state index contributed by atoms with van der Waals surface area (Å²) < 4.78 is 10.6. The van der Waals surface area contributed by atoms with Gasteiger partial charge in [-0.25, -0.2) is 0 Å². The Kier molecular flexibility index (Phi) is 3.62. The first-order valence-electron chi connectivity index (χ1n) is 7.38. The molecule has 0 saturated heterocycles. The van der Waals surface area contributed by atoms with Crippen molar-refractivity contribution in [3.8, 4) is 11.5 Å². The molecule has 8 heteroatoms. The first kappa shape index (κ1) is 14.3. The SMILES string of the molecule is O=C(COn1nnc2ccccc21)NCc1ccc2c(c1)OCO2. The molecule has 4 rings (SSSR count). The second-order valence-electron chi connectivity index (χ2n) is 5.19. The number of ether oxygens (including phenoxy) is 2. The van der Waals surface area contributed by atoms with E-state index in [1.807, 2.05) is 42.5 Å². The van der Waals surface area contributed by atoms with Crippen molar-refractivity contribution in [3.63, 3.8) is 0 Å². The summed E-state index contributed by atoms with van der Waals surface area (Å²) in [4.78, 5) is 18.5. The summed E-state index contributed by atoms with van der Waals surface area (Å²) in [6.07, 6.45) is 0. The van der Waals surface area contributed by atoms with Crippen molar-refractivity contribution < 1.29 is 19.1 Å². The Morgan fingerprint density at radius 1 is 1.21 bits per heavy atom. The van der Waals surface area contributed by atoms with Gasteiger partial charge in [0.25, 0.3) is 5.91 Å². The van der Waals surface area contributed by atoms with Crippen molar-refractivity contribution in [2.24, 2.45) is 0 Å². The molecule has 1 N–H and O–H groups in total. The van der Waals surface area contributed by atoms with E-state index in [2.05, 4.69) is 15.6 Å². The second kappa shape index (κ2) is 6.07. The van der Waals surface area contributed by atoms with Crippen LogP contribution in [0.4, 0.5) is 0 Å². The number of nitrogens with zero attached hydrogens (tertiary/aromatic N) is 3. The van der Waals surface area contributed by atoms with Gasteiger partial charge in [-0.3, -0.25) is 4.79 Å². The zero-order valence-corrected chi connectivity index (χ0v) is 12.6. The van der Waals surface area contributed by atoms with Crippen molar-refractivity contribution in [2.75, 3.05) is 13.4 Å². The number of carbonyl (C=O) groups is 1. The summed E-state index contributed by atoms with van der Waals surface area (Å²) in [6, 6.07) is 12.9. The molecule has 8 nitrogen and oxygen atoms in total. The predicted octanol–water partition coefficient (Wildman–Crippen LogP) is 0.905. The normalized spacial score (nSPS) is 12.3. The van der Waals surface area contributed by atoms with Gasteiger partial charge in [0, 0.05) is 6.54 Å². The van der Waals surface area contributed by atoms with Gasteiger partial charge in [-0.2, -0.15) is 0 Å². The number of para-hydroxylation sites is 1. The molecule has 122 valence electrons. The highest BCUT2D eigenvalue weighted by atomic mass is 16.7. The number of hydrogen-bond donors (Lipinski definition) is 1. The largest absolute Gasteiger partial charge is 0.454 e. The lowest BCUT2D eigenvalue weighted by atomic mass is 10.2. The van der Waals surface area contributed by atoms with E-state index in [0.717, 1.165) is 5.56 Å². The van der Waals surface area contributed by atoms with E-state index >= 15 is 0 Å². The molecule has 24 heavy (non-hydrogen) atoms. The molecule has 3 aromatic rings. The molecule has 0 fully saturated rings. The number of hydrogen-bond acceptors (Lipinski definition) is 6. The smallest absolute Gasteiger partial charge is 0.261 e. The average molecular weight is 326 g/mol. The van der Waals surface area contributed by atoms with Crippen LogP contribution in [0, 0.1) is 0 Å². The zero-order valence-electron chi connectivity index (χ0n) is 12.6. The van der Waals surface area contributed by atoms with Gasteiger partial charge in [0.1, 0.15) is 11.0 Å². The fraction of sp³-hybridized carbons (Fsp3) is 0.188. The minimum atomic E-state index is -0.257. The van der Waals surface area contributed by atoms with Gasteiger partial charge in [-0.15, -0.1) is 5.10 Å². The lowest BCUT2D eigenvalue weighted by Gasteiger charge is -2.07. The number of carbonyl (C=O) groups excluding carboxylic acids is 1. The number of aromatic nitrogens is 3. The summed E-state index contributed by atoms with van der Waals surface area (Å²) in [5.41, 5.74) is 2.33. The molecule has 1 aliphatic rings. The van der Waals surface area contributed by atoms with E-state index in [4.69, 9.17) is 14.3 Å². The van der Waals surface area contributed by atoms with Crippen LogP contribution in [0.1, 0.15) is 5.56 Å². The summed E-state index contributed by atoms with van der Waals surface area (Å²) >= 11 is 0. The van der Waals surface area contributed by atoms with Crippen LogP contribution < -0.4 is 19.6 Å².